The maximum Gasteiger partial charge on any atom is 0.271 e. The number of nitrogens with zero attached hydrogens (tertiary/aromatic N) is 3. The van der Waals surface area contributed by atoms with Crippen molar-refractivity contribution in [1.29, 1.82) is 0 Å². The smallest absolute Gasteiger partial charge is 0.271 e. The lowest BCUT2D eigenvalue weighted by Gasteiger charge is -2.35. The predicted molar refractivity (Wildman–Crippen MR) is 183 cm³/mol. The van der Waals surface area contributed by atoms with Crippen molar-refractivity contribution < 1.29 is 19.4 Å². The van der Waals surface area contributed by atoms with Crippen molar-refractivity contribution in [3.8, 4) is 22.6 Å². The van der Waals surface area contributed by atoms with Gasteiger partial charge in [-0.05, 0) is 61.0 Å². The van der Waals surface area contributed by atoms with Crippen LogP contribution in [0.15, 0.2) is 103 Å². The van der Waals surface area contributed by atoms with Crippen LogP contribution < -0.4 is 4.74 Å². The normalized spacial score (nSPS) is 17.8. The number of ether oxygens (including phenoxy) is 2. The fourth-order valence-corrected chi connectivity index (χ4v) is 6.50. The lowest BCUT2D eigenvalue weighted by Crippen LogP contribution is -2.47. The average molecular weight is 618 g/mol. The van der Waals surface area contributed by atoms with E-state index in [0.29, 0.717) is 25.4 Å². The zero-order chi connectivity index (χ0) is 32.2. The van der Waals surface area contributed by atoms with Gasteiger partial charge in [-0.3, -0.25) is 9.69 Å². The molecule has 0 spiro atoms. The third-order valence-electron chi connectivity index (χ3n) is 9.07. The van der Waals surface area contributed by atoms with Crippen molar-refractivity contribution in [3.63, 3.8) is 0 Å². The average Bonchev–Trinajstić information content (AvgIpc) is 3.37. The Balaban J connectivity index is 1.28. The minimum absolute atomic E-state index is 0.00504. The van der Waals surface area contributed by atoms with Gasteiger partial charge in [0.25, 0.3) is 5.91 Å². The third kappa shape index (κ3) is 6.58. The molecule has 6 rings (SSSR count). The van der Waals surface area contributed by atoms with Crippen molar-refractivity contribution >= 4 is 16.8 Å². The summed E-state index contributed by atoms with van der Waals surface area (Å²) in [6.45, 7) is 6.24. The molecule has 5 aromatic rings. The van der Waals surface area contributed by atoms with Gasteiger partial charge in [0.15, 0.2) is 0 Å². The predicted octanol–water partition coefficient (Wildman–Crippen LogP) is 7.13. The van der Waals surface area contributed by atoms with Crippen molar-refractivity contribution in [2.24, 2.45) is 13.0 Å². The van der Waals surface area contributed by atoms with Gasteiger partial charge >= 0.3 is 0 Å². The Morgan fingerprint density at radius 2 is 1.61 bits per heavy atom. The Kier molecular flexibility index (Phi) is 9.54. The van der Waals surface area contributed by atoms with E-state index in [-0.39, 0.29) is 30.6 Å². The van der Waals surface area contributed by atoms with Crippen LogP contribution in [0.25, 0.3) is 22.0 Å². The number of benzene rings is 4. The molecule has 46 heavy (non-hydrogen) atoms. The molecule has 1 aliphatic rings. The molecule has 1 N–H and O–H groups in total. The van der Waals surface area contributed by atoms with Gasteiger partial charge in [-0.2, -0.15) is 0 Å². The lowest BCUT2D eigenvalue weighted by molar-refractivity contribution is -0.0242. The Bertz CT molecular complexity index is 1780. The van der Waals surface area contributed by atoms with Crippen LogP contribution >= 0.6 is 0 Å². The maximum absolute atomic E-state index is 14.6. The Labute approximate surface area is 271 Å². The molecule has 0 aliphatic carbocycles. The van der Waals surface area contributed by atoms with Crippen molar-refractivity contribution in [2.45, 2.75) is 39.1 Å². The van der Waals surface area contributed by atoms with Gasteiger partial charge in [0.2, 0.25) is 0 Å². The molecule has 7 heteroatoms. The highest BCUT2D eigenvalue weighted by Gasteiger charge is 2.33. The van der Waals surface area contributed by atoms with Crippen LogP contribution in [-0.4, -0.2) is 64.3 Å². The zero-order valence-corrected chi connectivity index (χ0v) is 27.1. The summed E-state index contributed by atoms with van der Waals surface area (Å²) in [6.07, 6.45) is -0.155. The van der Waals surface area contributed by atoms with Crippen LogP contribution in [0.1, 0.15) is 35.5 Å². The number of amides is 1. The van der Waals surface area contributed by atoms with E-state index >= 15 is 0 Å². The molecule has 7 nitrogen and oxygen atoms in total. The number of carbonyl (C=O) groups excluding carboxylic acids is 1. The molecule has 1 aromatic heterocycles. The molecule has 0 saturated heterocycles. The molecule has 0 fully saturated rings. The lowest BCUT2D eigenvalue weighted by atomic mass is 9.96. The van der Waals surface area contributed by atoms with Gasteiger partial charge in [-0.25, -0.2) is 0 Å². The summed E-state index contributed by atoms with van der Waals surface area (Å²) in [7, 11) is 4.06. The second kappa shape index (κ2) is 13.9. The van der Waals surface area contributed by atoms with Crippen LogP contribution in [0, 0.1) is 5.92 Å². The van der Waals surface area contributed by atoms with Gasteiger partial charge < -0.3 is 24.0 Å². The number of hydrogen-bond donors (Lipinski definition) is 1. The Morgan fingerprint density at radius 3 is 2.37 bits per heavy atom. The van der Waals surface area contributed by atoms with Gasteiger partial charge in [-0.15, -0.1) is 0 Å². The topological polar surface area (TPSA) is 67.2 Å². The highest BCUT2D eigenvalue weighted by Crippen LogP contribution is 2.38. The highest BCUT2D eigenvalue weighted by atomic mass is 16.5. The van der Waals surface area contributed by atoms with E-state index in [0.717, 1.165) is 45.6 Å². The molecule has 0 radical (unpaired) electrons. The Hall–Kier alpha value is -4.43. The standard InChI is InChI=1S/C39H43N3O4/c1-27-22-42(28(2)25-43)39(44)38-37(34-16-10-11-17-35(34)41(38)4)33-15-9-8-12-30(33)26-45-36(27)24-40(3)23-29-18-20-32(21-19-29)46-31-13-6-5-7-14-31/h5-21,27-28,36,43H,22-26H2,1-4H3/t27-,28-,36+/m1/s1. The number of carbonyl (C=O) groups is 1. The SMILES string of the molecule is C[C@@H]1CN([C@H](C)CO)C(=O)c2c(c3ccccc3n2C)-c2ccccc2CO[C@H]1CN(C)Cc1ccc(Oc2ccccc2)cc1. The number of aromatic nitrogens is 1. The molecule has 1 amide bonds. The second-order valence-electron chi connectivity index (χ2n) is 12.5. The first-order valence-corrected chi connectivity index (χ1v) is 16.0. The number of para-hydroxylation sites is 2. The molecule has 0 bridgehead atoms. The van der Waals surface area contributed by atoms with Crippen LogP contribution in [-0.2, 0) is 24.9 Å². The summed E-state index contributed by atoms with van der Waals surface area (Å²) in [5.74, 6) is 1.54. The largest absolute Gasteiger partial charge is 0.457 e. The first kappa shape index (κ1) is 31.5. The van der Waals surface area contributed by atoms with Crippen molar-refractivity contribution in [3.05, 3.63) is 120 Å². The number of aryl methyl sites for hydroxylation is 1. The molecule has 238 valence electrons. The molecular weight excluding hydrogens is 574 g/mol. The number of aliphatic hydroxyl groups excluding tert-OH is 1. The minimum atomic E-state index is -0.355. The van der Waals surface area contributed by atoms with E-state index < -0.39 is 0 Å². The van der Waals surface area contributed by atoms with E-state index in [4.69, 9.17) is 9.47 Å². The summed E-state index contributed by atoms with van der Waals surface area (Å²) in [5, 5.41) is 11.3. The highest BCUT2D eigenvalue weighted by molar-refractivity contribution is 6.10. The third-order valence-corrected chi connectivity index (χ3v) is 9.07. The summed E-state index contributed by atoms with van der Waals surface area (Å²) in [5.41, 5.74) is 5.77. The van der Waals surface area contributed by atoms with Crippen LogP contribution in [0.3, 0.4) is 0 Å². The van der Waals surface area contributed by atoms with E-state index in [1.807, 2.05) is 90.2 Å². The molecule has 2 heterocycles. The number of rotatable bonds is 8. The van der Waals surface area contributed by atoms with Gasteiger partial charge in [-0.1, -0.05) is 79.7 Å². The molecule has 1 aliphatic heterocycles. The Morgan fingerprint density at radius 1 is 0.935 bits per heavy atom. The quantitative estimate of drug-likeness (QED) is 0.201. The molecule has 4 aromatic carbocycles. The molecule has 0 unspecified atom stereocenters. The first-order valence-electron chi connectivity index (χ1n) is 16.0. The molecule has 3 atom stereocenters. The number of aliphatic hydroxyl groups is 1. The zero-order valence-electron chi connectivity index (χ0n) is 27.1. The van der Waals surface area contributed by atoms with E-state index in [1.54, 1.807) is 0 Å². The first-order chi connectivity index (χ1) is 22.3. The van der Waals surface area contributed by atoms with Crippen molar-refractivity contribution in [2.75, 3.05) is 26.7 Å². The van der Waals surface area contributed by atoms with E-state index in [9.17, 15) is 9.90 Å². The monoisotopic (exact) mass is 617 g/mol. The number of hydrogen-bond acceptors (Lipinski definition) is 5. The fourth-order valence-electron chi connectivity index (χ4n) is 6.50. The van der Waals surface area contributed by atoms with Gasteiger partial charge in [0, 0.05) is 49.1 Å². The van der Waals surface area contributed by atoms with Gasteiger partial charge in [0.05, 0.1) is 25.4 Å². The van der Waals surface area contributed by atoms with E-state index in [2.05, 4.69) is 55.3 Å². The van der Waals surface area contributed by atoms with Gasteiger partial charge in [0.1, 0.15) is 17.2 Å². The van der Waals surface area contributed by atoms with Crippen LogP contribution in [0.2, 0.25) is 0 Å². The molecule has 0 saturated carbocycles. The number of fused-ring (bicyclic) bond motifs is 5. The van der Waals surface area contributed by atoms with E-state index in [1.165, 1.54) is 5.56 Å². The molecular formula is C39H43N3O4. The summed E-state index contributed by atoms with van der Waals surface area (Å²) >= 11 is 0. The number of likely N-dealkylation sites (N-methyl/N-ethyl adjacent to an activating group) is 1. The fraction of sp³-hybridized carbons (Fsp3) is 0.308. The summed E-state index contributed by atoms with van der Waals surface area (Å²) < 4.78 is 14.7. The maximum atomic E-state index is 14.6. The van der Waals surface area contributed by atoms with Crippen LogP contribution in [0.4, 0.5) is 0 Å². The summed E-state index contributed by atoms with van der Waals surface area (Å²) in [6, 6.07) is 34.0. The summed E-state index contributed by atoms with van der Waals surface area (Å²) in [4.78, 5) is 18.7. The van der Waals surface area contributed by atoms with Crippen molar-refractivity contribution in [1.82, 2.24) is 14.4 Å². The second-order valence-corrected chi connectivity index (χ2v) is 12.5. The van der Waals surface area contributed by atoms with Crippen LogP contribution in [0.5, 0.6) is 11.5 Å². The minimum Gasteiger partial charge on any atom is -0.457 e.